The number of allylic oxidation sites excluding steroid dienone is 5. The van der Waals surface area contributed by atoms with E-state index in [1.807, 2.05) is 0 Å². The first kappa shape index (κ1) is 19.5. The summed E-state index contributed by atoms with van der Waals surface area (Å²) in [4.78, 5) is 0. The normalized spacial score (nSPS) is 23.9. The second-order valence-corrected chi connectivity index (χ2v) is 13.5. The number of hydrogen-bond donors (Lipinski definition) is 0. The van der Waals surface area contributed by atoms with Crippen LogP contribution in [0.3, 0.4) is 0 Å². The Hall–Kier alpha value is -1.46. The average molecular weight is 458 g/mol. The van der Waals surface area contributed by atoms with Crippen molar-refractivity contribution in [1.29, 1.82) is 0 Å². The van der Waals surface area contributed by atoms with Crippen molar-refractivity contribution in [1.82, 2.24) is 0 Å². The third kappa shape index (κ3) is 3.61. The van der Waals surface area contributed by atoms with E-state index < -0.39 is 23.2 Å². The minimum atomic E-state index is -0.717. The van der Waals surface area contributed by atoms with Crippen LogP contribution in [0.2, 0.25) is 3.12 Å². The van der Waals surface area contributed by atoms with Crippen LogP contribution in [0.5, 0.6) is 0 Å². The summed E-state index contributed by atoms with van der Waals surface area (Å²) in [6, 6.07) is 13.8. The maximum atomic E-state index is 2.62. The fourth-order valence-corrected chi connectivity index (χ4v) is 10.3. The van der Waals surface area contributed by atoms with Crippen LogP contribution < -0.4 is 0 Å². The Morgan fingerprint density at radius 2 is 1.97 bits per heavy atom. The zero-order chi connectivity index (χ0) is 19.8. The van der Waals surface area contributed by atoms with Gasteiger partial charge in [0.15, 0.2) is 0 Å². The van der Waals surface area contributed by atoms with Crippen molar-refractivity contribution in [2.75, 3.05) is 0 Å². The van der Waals surface area contributed by atoms with E-state index in [9.17, 15) is 0 Å². The molecule has 0 radical (unpaired) electrons. The van der Waals surface area contributed by atoms with Crippen LogP contribution in [0.15, 0.2) is 66.3 Å². The molecule has 2 aromatic carbocycles. The van der Waals surface area contributed by atoms with Crippen LogP contribution in [0.1, 0.15) is 65.4 Å². The van der Waals surface area contributed by atoms with E-state index in [4.69, 9.17) is 0 Å². The first-order valence-corrected chi connectivity index (χ1v) is 13.9. The van der Waals surface area contributed by atoms with Gasteiger partial charge in [-0.1, -0.05) is 0 Å². The van der Waals surface area contributed by atoms with Crippen molar-refractivity contribution in [2.24, 2.45) is 0 Å². The Kier molecular flexibility index (Phi) is 5.38. The molecule has 3 aliphatic carbocycles. The SMILES string of the molecule is CCCC[C]1([Zr][CH]2C=Cc3c2cc2c(c3-c3ccccc3)CCC2)C=CC(C)=C1. The zero-order valence-electron chi connectivity index (χ0n) is 17.7. The minimum absolute atomic E-state index is 0.409. The molecule has 1 heteroatoms. The van der Waals surface area contributed by atoms with Crippen molar-refractivity contribution in [3.63, 3.8) is 0 Å². The van der Waals surface area contributed by atoms with E-state index >= 15 is 0 Å². The first-order valence-electron chi connectivity index (χ1n) is 11.3. The molecule has 2 aromatic rings. The number of fused-ring (bicyclic) bond motifs is 2. The van der Waals surface area contributed by atoms with Crippen molar-refractivity contribution in [3.8, 4) is 11.1 Å². The molecule has 0 amide bonds. The Labute approximate surface area is 187 Å². The topological polar surface area (TPSA) is 0 Å². The summed E-state index contributed by atoms with van der Waals surface area (Å²) in [7, 11) is 0. The van der Waals surface area contributed by atoms with Crippen LogP contribution >= 0.6 is 0 Å². The van der Waals surface area contributed by atoms with Gasteiger partial charge in [0.05, 0.1) is 0 Å². The standard InChI is InChI=1S/C18H15.C10H15.Zr/c1-2-6-13(7-3-1)18-16-10-4-8-14(16)12-15-9-5-11-17(15)18;1-3-4-5-10-7-6-9(2)8-10;/h1-4,6-8,10,12H,5,9,11H2;6-8H,3-5H2,1-2H3;. The molecule has 146 valence electrons. The molecule has 0 aliphatic heterocycles. The van der Waals surface area contributed by atoms with Crippen molar-refractivity contribution < 1.29 is 23.2 Å². The molecule has 2 unspecified atom stereocenters. The molecule has 0 fully saturated rings. The summed E-state index contributed by atoms with van der Waals surface area (Å²) >= 11 is -0.717. The van der Waals surface area contributed by atoms with E-state index in [0.29, 0.717) is 6.75 Å². The van der Waals surface area contributed by atoms with Crippen LogP contribution in [0, 0.1) is 0 Å². The fourth-order valence-electron chi connectivity index (χ4n) is 5.44. The molecule has 2 atom stereocenters. The molecule has 0 saturated heterocycles. The molecule has 0 spiro atoms. The third-order valence-corrected chi connectivity index (χ3v) is 11.5. The van der Waals surface area contributed by atoms with Gasteiger partial charge in [0.1, 0.15) is 0 Å². The van der Waals surface area contributed by atoms with Gasteiger partial charge in [-0.05, 0) is 0 Å². The predicted molar refractivity (Wildman–Crippen MR) is 121 cm³/mol. The quantitative estimate of drug-likeness (QED) is 0.414. The molecule has 5 rings (SSSR count). The molecule has 3 aliphatic rings. The van der Waals surface area contributed by atoms with E-state index in [2.05, 4.69) is 80.6 Å². The van der Waals surface area contributed by atoms with Crippen molar-refractivity contribution in [3.05, 3.63) is 88.5 Å². The fraction of sp³-hybridized carbons (Fsp3) is 0.357. The molecule has 0 aromatic heterocycles. The number of unbranched alkanes of at least 4 members (excludes halogenated alkanes) is 1. The van der Waals surface area contributed by atoms with Gasteiger partial charge in [-0.25, -0.2) is 0 Å². The van der Waals surface area contributed by atoms with Gasteiger partial charge >= 0.3 is 188 Å². The summed E-state index contributed by atoms with van der Waals surface area (Å²) in [6.45, 7) is 4.61. The number of hydrogen-bond acceptors (Lipinski definition) is 0. The second kappa shape index (κ2) is 7.99. The molecule has 0 heterocycles. The molecule has 0 saturated carbocycles. The number of aryl methyl sites for hydroxylation is 1. The maximum absolute atomic E-state index is 2.62. The van der Waals surface area contributed by atoms with E-state index in [1.54, 1.807) is 22.3 Å². The summed E-state index contributed by atoms with van der Waals surface area (Å²) in [5.41, 5.74) is 10.9. The Morgan fingerprint density at radius 1 is 1.10 bits per heavy atom. The van der Waals surface area contributed by atoms with Crippen LogP contribution in [0.25, 0.3) is 17.2 Å². The van der Waals surface area contributed by atoms with Crippen LogP contribution in [-0.2, 0) is 36.1 Å². The third-order valence-electron chi connectivity index (χ3n) is 6.82. The van der Waals surface area contributed by atoms with Crippen molar-refractivity contribution >= 4 is 6.08 Å². The van der Waals surface area contributed by atoms with E-state index in [1.165, 1.54) is 55.2 Å². The summed E-state index contributed by atoms with van der Waals surface area (Å²) in [5, 5.41) is 0. The molecular weight excluding hydrogens is 428 g/mol. The molecule has 0 nitrogen and oxygen atoms in total. The van der Waals surface area contributed by atoms with Gasteiger partial charge in [0, 0.05) is 0 Å². The van der Waals surface area contributed by atoms with E-state index in [-0.39, 0.29) is 0 Å². The van der Waals surface area contributed by atoms with Gasteiger partial charge in [0.25, 0.3) is 0 Å². The predicted octanol–water partition coefficient (Wildman–Crippen LogP) is 7.86. The Balaban J connectivity index is 1.56. The number of benzene rings is 2. The van der Waals surface area contributed by atoms with E-state index in [0.717, 1.165) is 0 Å². The van der Waals surface area contributed by atoms with Gasteiger partial charge in [0.2, 0.25) is 0 Å². The molecule has 0 bridgehead atoms. The van der Waals surface area contributed by atoms with Gasteiger partial charge in [-0.3, -0.25) is 0 Å². The van der Waals surface area contributed by atoms with Gasteiger partial charge < -0.3 is 0 Å². The molecule has 29 heavy (non-hydrogen) atoms. The molecule has 0 N–H and O–H groups in total. The zero-order valence-corrected chi connectivity index (χ0v) is 20.1. The Morgan fingerprint density at radius 3 is 2.72 bits per heavy atom. The molecular formula is C28H30Zr. The van der Waals surface area contributed by atoms with Crippen molar-refractivity contribution in [2.45, 2.75) is 59.1 Å². The monoisotopic (exact) mass is 456 g/mol. The first-order chi connectivity index (χ1) is 14.2. The van der Waals surface area contributed by atoms with Crippen LogP contribution in [-0.4, -0.2) is 0 Å². The average Bonchev–Trinajstić information content (AvgIpc) is 3.45. The Bertz CT molecular complexity index is 1010. The van der Waals surface area contributed by atoms with Crippen LogP contribution in [0.4, 0.5) is 0 Å². The van der Waals surface area contributed by atoms with Gasteiger partial charge in [-0.2, -0.15) is 0 Å². The summed E-state index contributed by atoms with van der Waals surface area (Å²) in [5.74, 6) is 0. The second-order valence-electron chi connectivity index (χ2n) is 8.96. The summed E-state index contributed by atoms with van der Waals surface area (Å²) in [6.07, 6.45) is 20.4. The van der Waals surface area contributed by atoms with Gasteiger partial charge in [-0.15, -0.1) is 0 Å². The number of rotatable bonds is 6. The summed E-state index contributed by atoms with van der Waals surface area (Å²) < 4.78 is 1.11.